The largest absolute Gasteiger partial charge is 0.395 e. The molecule has 0 aromatic carbocycles. The zero-order valence-electron chi connectivity index (χ0n) is 7.48. The van der Waals surface area contributed by atoms with E-state index in [1.165, 1.54) is 6.42 Å². The average molecular weight is 260 g/mol. The summed E-state index contributed by atoms with van der Waals surface area (Å²) < 4.78 is 0. The second-order valence-corrected chi connectivity index (χ2v) is 7.49. The van der Waals surface area contributed by atoms with Gasteiger partial charge in [-0.1, -0.05) is 43.2 Å². The SMILES string of the molecule is OCCSSCCCSSCCO. The molecule has 0 heterocycles. The van der Waals surface area contributed by atoms with E-state index < -0.39 is 0 Å². The van der Waals surface area contributed by atoms with Crippen LogP contribution in [0.1, 0.15) is 6.42 Å². The molecule has 0 aliphatic rings. The van der Waals surface area contributed by atoms with Crippen molar-refractivity contribution in [2.24, 2.45) is 0 Å². The van der Waals surface area contributed by atoms with Crippen molar-refractivity contribution < 1.29 is 10.2 Å². The first kappa shape index (κ1) is 14.3. The van der Waals surface area contributed by atoms with Gasteiger partial charge in [-0.25, -0.2) is 0 Å². The summed E-state index contributed by atoms with van der Waals surface area (Å²) in [7, 11) is 7.12. The molecule has 0 radical (unpaired) electrons. The van der Waals surface area contributed by atoms with Gasteiger partial charge in [-0.3, -0.25) is 0 Å². The van der Waals surface area contributed by atoms with Gasteiger partial charge in [-0.05, 0) is 6.42 Å². The van der Waals surface area contributed by atoms with Gasteiger partial charge >= 0.3 is 0 Å². The zero-order valence-corrected chi connectivity index (χ0v) is 10.7. The van der Waals surface area contributed by atoms with Crippen molar-refractivity contribution in [2.45, 2.75) is 6.42 Å². The van der Waals surface area contributed by atoms with Gasteiger partial charge < -0.3 is 10.2 Å². The first-order valence-electron chi connectivity index (χ1n) is 4.12. The number of rotatable bonds is 10. The Morgan fingerprint density at radius 2 is 1.00 bits per heavy atom. The van der Waals surface area contributed by atoms with Crippen LogP contribution < -0.4 is 0 Å². The third-order valence-corrected chi connectivity index (χ3v) is 5.91. The van der Waals surface area contributed by atoms with E-state index in [2.05, 4.69) is 0 Å². The lowest BCUT2D eigenvalue weighted by atomic mass is 10.6. The maximum absolute atomic E-state index is 8.50. The van der Waals surface area contributed by atoms with E-state index in [0.29, 0.717) is 0 Å². The van der Waals surface area contributed by atoms with E-state index in [4.69, 9.17) is 10.2 Å². The van der Waals surface area contributed by atoms with Crippen LogP contribution >= 0.6 is 43.2 Å². The van der Waals surface area contributed by atoms with Gasteiger partial charge in [0.15, 0.2) is 0 Å². The van der Waals surface area contributed by atoms with Gasteiger partial charge in [-0.2, -0.15) is 0 Å². The van der Waals surface area contributed by atoms with Crippen LogP contribution in [0.25, 0.3) is 0 Å². The summed E-state index contributed by atoms with van der Waals surface area (Å²) in [6.07, 6.45) is 1.20. The molecule has 2 nitrogen and oxygen atoms in total. The molecule has 80 valence electrons. The molecular formula is C7H16O2S4. The molecule has 0 fully saturated rings. The Morgan fingerprint density at radius 1 is 0.615 bits per heavy atom. The second kappa shape index (κ2) is 13.3. The van der Waals surface area contributed by atoms with Crippen molar-refractivity contribution in [3.63, 3.8) is 0 Å². The monoisotopic (exact) mass is 260 g/mol. The van der Waals surface area contributed by atoms with Gasteiger partial charge in [0, 0.05) is 23.0 Å². The minimum atomic E-state index is 0.277. The fourth-order valence-corrected chi connectivity index (χ4v) is 4.38. The molecule has 0 saturated carbocycles. The van der Waals surface area contributed by atoms with Crippen molar-refractivity contribution in [2.75, 3.05) is 36.2 Å². The molecule has 0 rings (SSSR count). The highest BCUT2D eigenvalue weighted by atomic mass is 33.1. The summed E-state index contributed by atoms with van der Waals surface area (Å²) in [6, 6.07) is 0. The highest BCUT2D eigenvalue weighted by Gasteiger charge is 1.92. The van der Waals surface area contributed by atoms with Gasteiger partial charge in [-0.15, -0.1) is 0 Å². The summed E-state index contributed by atoms with van der Waals surface area (Å²) in [6.45, 7) is 0.553. The molecule has 0 aliphatic carbocycles. The Kier molecular flexibility index (Phi) is 14.7. The molecule has 0 bridgehead atoms. The Balaban J connectivity index is 2.76. The first-order chi connectivity index (χ1) is 6.41. The Bertz CT molecular complexity index is 84.6. The van der Waals surface area contributed by atoms with Crippen LogP contribution in [0.15, 0.2) is 0 Å². The Morgan fingerprint density at radius 3 is 1.38 bits per heavy atom. The zero-order chi connectivity index (χ0) is 9.78. The van der Waals surface area contributed by atoms with Crippen LogP contribution in [-0.4, -0.2) is 46.4 Å². The molecule has 0 saturated heterocycles. The lowest BCUT2D eigenvalue weighted by Gasteiger charge is -1.99. The van der Waals surface area contributed by atoms with Gasteiger partial charge in [0.1, 0.15) is 0 Å². The van der Waals surface area contributed by atoms with E-state index in [1.54, 1.807) is 21.6 Å². The van der Waals surface area contributed by atoms with Gasteiger partial charge in [0.25, 0.3) is 0 Å². The predicted octanol–water partition coefficient (Wildman–Crippen LogP) is 2.12. The van der Waals surface area contributed by atoms with E-state index in [0.717, 1.165) is 23.0 Å². The van der Waals surface area contributed by atoms with E-state index >= 15 is 0 Å². The maximum Gasteiger partial charge on any atom is 0.0530 e. The van der Waals surface area contributed by atoms with Crippen LogP contribution in [0.3, 0.4) is 0 Å². The Labute approximate surface area is 95.8 Å². The molecule has 0 amide bonds. The second-order valence-electron chi connectivity index (χ2n) is 2.09. The molecule has 0 aromatic heterocycles. The summed E-state index contributed by atoms with van der Waals surface area (Å²) in [5.74, 6) is 3.96. The normalized spacial score (nSPS) is 10.6. The number of hydrogen-bond donors (Lipinski definition) is 2. The summed E-state index contributed by atoms with van der Waals surface area (Å²) in [5, 5.41) is 17.0. The minimum Gasteiger partial charge on any atom is -0.395 e. The lowest BCUT2D eigenvalue weighted by molar-refractivity contribution is 0.322. The maximum atomic E-state index is 8.50. The highest BCUT2D eigenvalue weighted by Crippen LogP contribution is 2.25. The van der Waals surface area contributed by atoms with E-state index in [-0.39, 0.29) is 13.2 Å². The standard InChI is InChI=1S/C7H16O2S4/c8-2-6-12-10-4-1-5-11-13-7-3-9/h8-9H,1-7H2. The van der Waals surface area contributed by atoms with Crippen LogP contribution in [0.5, 0.6) is 0 Å². The fraction of sp³-hybridized carbons (Fsp3) is 1.00. The number of aliphatic hydroxyl groups is 2. The summed E-state index contributed by atoms with van der Waals surface area (Å²) in [4.78, 5) is 0. The molecular weight excluding hydrogens is 244 g/mol. The van der Waals surface area contributed by atoms with Crippen LogP contribution in [0.2, 0.25) is 0 Å². The lowest BCUT2D eigenvalue weighted by Crippen LogP contribution is -1.86. The van der Waals surface area contributed by atoms with Crippen molar-refractivity contribution in [3.05, 3.63) is 0 Å². The van der Waals surface area contributed by atoms with Gasteiger partial charge in [0.2, 0.25) is 0 Å². The average Bonchev–Trinajstić information content (AvgIpc) is 2.16. The van der Waals surface area contributed by atoms with Crippen molar-refractivity contribution in [3.8, 4) is 0 Å². The fourth-order valence-electron chi connectivity index (χ4n) is 0.487. The quantitative estimate of drug-likeness (QED) is 0.463. The van der Waals surface area contributed by atoms with Crippen LogP contribution in [-0.2, 0) is 0 Å². The third-order valence-electron chi connectivity index (χ3n) is 0.971. The third kappa shape index (κ3) is 13.3. The number of hydrogen-bond acceptors (Lipinski definition) is 6. The van der Waals surface area contributed by atoms with Crippen molar-refractivity contribution in [1.29, 1.82) is 0 Å². The van der Waals surface area contributed by atoms with Crippen LogP contribution in [0.4, 0.5) is 0 Å². The first-order valence-corrected chi connectivity index (χ1v) is 9.10. The summed E-state index contributed by atoms with van der Waals surface area (Å²) in [5.41, 5.74) is 0. The van der Waals surface area contributed by atoms with Crippen molar-refractivity contribution >= 4 is 43.2 Å². The molecule has 0 spiro atoms. The molecule has 2 N–H and O–H groups in total. The van der Waals surface area contributed by atoms with E-state index in [9.17, 15) is 0 Å². The molecule has 13 heavy (non-hydrogen) atoms. The van der Waals surface area contributed by atoms with Gasteiger partial charge in [0.05, 0.1) is 13.2 Å². The minimum absolute atomic E-state index is 0.277. The summed E-state index contributed by atoms with van der Waals surface area (Å²) >= 11 is 0. The predicted molar refractivity (Wildman–Crippen MR) is 68.6 cm³/mol. The molecule has 0 atom stereocenters. The topological polar surface area (TPSA) is 40.5 Å². The van der Waals surface area contributed by atoms with Crippen molar-refractivity contribution in [1.82, 2.24) is 0 Å². The molecule has 0 aliphatic heterocycles. The Hall–Kier alpha value is 1.32. The van der Waals surface area contributed by atoms with Crippen LogP contribution in [0, 0.1) is 0 Å². The number of aliphatic hydroxyl groups excluding tert-OH is 2. The smallest absolute Gasteiger partial charge is 0.0530 e. The molecule has 6 heteroatoms. The highest BCUT2D eigenvalue weighted by molar-refractivity contribution is 8.77. The molecule has 0 aromatic rings. The molecule has 0 unspecified atom stereocenters. The van der Waals surface area contributed by atoms with E-state index in [1.807, 2.05) is 21.6 Å².